The Kier molecular flexibility index (Phi) is 5.70. The second-order valence-corrected chi connectivity index (χ2v) is 5.12. The zero-order valence-electron chi connectivity index (χ0n) is 12.5. The lowest BCUT2D eigenvalue weighted by Gasteiger charge is -2.10. The molecule has 0 aliphatic heterocycles. The predicted molar refractivity (Wildman–Crippen MR) is 86.3 cm³/mol. The van der Waals surface area contributed by atoms with Crippen molar-refractivity contribution in [3.8, 4) is 0 Å². The molecular weight excluding hydrogens is 342 g/mol. The summed E-state index contributed by atoms with van der Waals surface area (Å²) < 4.78 is 30.5. The number of nitrogens with one attached hydrogen (secondary N) is 2. The summed E-state index contributed by atoms with van der Waals surface area (Å²) in [7, 11) is 1.23. The van der Waals surface area contributed by atoms with Crippen molar-refractivity contribution < 1.29 is 23.1 Å². The number of rotatable bonds is 5. The Balaban J connectivity index is 1.98. The number of carbonyl (C=O) groups excluding carboxylic acids is 2. The number of methoxy groups -OCH3 is 1. The van der Waals surface area contributed by atoms with E-state index in [0.717, 1.165) is 12.1 Å². The van der Waals surface area contributed by atoms with E-state index in [1.54, 1.807) is 6.07 Å². The van der Waals surface area contributed by atoms with E-state index in [0.29, 0.717) is 5.69 Å². The monoisotopic (exact) mass is 354 g/mol. The van der Waals surface area contributed by atoms with Crippen LogP contribution < -0.4 is 10.6 Å². The number of anilines is 2. The molecule has 126 valence electrons. The van der Waals surface area contributed by atoms with Crippen LogP contribution in [0.4, 0.5) is 20.2 Å². The summed E-state index contributed by atoms with van der Waals surface area (Å²) in [5, 5.41) is 5.43. The van der Waals surface area contributed by atoms with Gasteiger partial charge in [-0.25, -0.2) is 13.6 Å². The van der Waals surface area contributed by atoms with Crippen LogP contribution in [-0.4, -0.2) is 25.5 Å². The Labute approximate surface area is 141 Å². The Hall–Kier alpha value is -2.67. The average molecular weight is 355 g/mol. The van der Waals surface area contributed by atoms with Gasteiger partial charge in [0.1, 0.15) is 0 Å². The Morgan fingerprint density at radius 1 is 1.08 bits per heavy atom. The number of benzene rings is 2. The topological polar surface area (TPSA) is 67.4 Å². The molecule has 0 aliphatic carbocycles. The summed E-state index contributed by atoms with van der Waals surface area (Å²) in [5.41, 5.74) is 0.762. The molecule has 2 aromatic carbocycles. The van der Waals surface area contributed by atoms with Crippen LogP contribution in [0.1, 0.15) is 10.4 Å². The van der Waals surface area contributed by atoms with Gasteiger partial charge in [0.05, 0.1) is 24.2 Å². The first-order valence-electron chi connectivity index (χ1n) is 6.77. The van der Waals surface area contributed by atoms with Crippen molar-refractivity contribution in [1.29, 1.82) is 0 Å². The number of ether oxygens (including phenoxy) is 1. The molecule has 0 aromatic heterocycles. The number of hydrogen-bond donors (Lipinski definition) is 2. The number of amides is 1. The average Bonchev–Trinajstić information content (AvgIpc) is 2.56. The van der Waals surface area contributed by atoms with E-state index in [1.807, 2.05) is 0 Å². The van der Waals surface area contributed by atoms with Crippen molar-refractivity contribution in [3.05, 3.63) is 58.6 Å². The molecule has 0 fully saturated rings. The lowest BCUT2D eigenvalue weighted by molar-refractivity contribution is -0.114. The van der Waals surface area contributed by atoms with Crippen molar-refractivity contribution in [1.82, 2.24) is 0 Å². The zero-order valence-corrected chi connectivity index (χ0v) is 13.3. The Morgan fingerprint density at radius 3 is 2.46 bits per heavy atom. The highest BCUT2D eigenvalue weighted by atomic mass is 35.5. The maximum Gasteiger partial charge on any atom is 0.339 e. The minimum Gasteiger partial charge on any atom is -0.465 e. The first-order valence-corrected chi connectivity index (χ1v) is 7.15. The smallest absolute Gasteiger partial charge is 0.339 e. The third-order valence-electron chi connectivity index (χ3n) is 3.03. The maximum absolute atomic E-state index is 13.1. The summed E-state index contributed by atoms with van der Waals surface area (Å²) >= 11 is 5.89. The SMILES string of the molecule is COC(=O)c1cc(NCC(=O)Nc2ccc(F)c(F)c2)ccc1Cl. The van der Waals surface area contributed by atoms with Crippen molar-refractivity contribution in [2.24, 2.45) is 0 Å². The van der Waals surface area contributed by atoms with Gasteiger partial charge in [-0.15, -0.1) is 0 Å². The van der Waals surface area contributed by atoms with E-state index in [1.165, 1.54) is 25.3 Å². The van der Waals surface area contributed by atoms with Crippen LogP contribution in [0, 0.1) is 11.6 Å². The molecule has 0 aliphatic rings. The molecule has 5 nitrogen and oxygen atoms in total. The van der Waals surface area contributed by atoms with Gasteiger partial charge in [-0.1, -0.05) is 11.6 Å². The van der Waals surface area contributed by atoms with Gasteiger partial charge in [0, 0.05) is 17.4 Å². The van der Waals surface area contributed by atoms with Crippen molar-refractivity contribution in [3.63, 3.8) is 0 Å². The molecule has 2 rings (SSSR count). The predicted octanol–water partition coefficient (Wildman–Crippen LogP) is 3.46. The van der Waals surface area contributed by atoms with Gasteiger partial charge >= 0.3 is 5.97 Å². The molecule has 2 aromatic rings. The van der Waals surface area contributed by atoms with E-state index in [-0.39, 0.29) is 22.8 Å². The summed E-state index contributed by atoms with van der Waals surface area (Å²) in [5.74, 6) is -3.13. The van der Waals surface area contributed by atoms with Gasteiger partial charge in [0.15, 0.2) is 11.6 Å². The molecule has 0 spiro atoms. The molecule has 0 unspecified atom stereocenters. The van der Waals surface area contributed by atoms with Crippen molar-refractivity contribution >= 4 is 34.9 Å². The quantitative estimate of drug-likeness (QED) is 0.807. The summed E-state index contributed by atoms with van der Waals surface area (Å²) in [4.78, 5) is 23.4. The lowest BCUT2D eigenvalue weighted by atomic mass is 10.2. The highest BCUT2D eigenvalue weighted by molar-refractivity contribution is 6.33. The van der Waals surface area contributed by atoms with Gasteiger partial charge in [-0.05, 0) is 30.3 Å². The fourth-order valence-corrected chi connectivity index (χ4v) is 2.06. The largest absolute Gasteiger partial charge is 0.465 e. The van der Waals surface area contributed by atoms with E-state index < -0.39 is 23.5 Å². The second kappa shape index (κ2) is 7.74. The summed E-state index contributed by atoms with van der Waals surface area (Å²) in [6.07, 6.45) is 0. The molecule has 1 amide bonds. The van der Waals surface area contributed by atoms with Crippen LogP contribution >= 0.6 is 11.6 Å². The van der Waals surface area contributed by atoms with E-state index in [9.17, 15) is 18.4 Å². The third-order valence-corrected chi connectivity index (χ3v) is 3.36. The lowest BCUT2D eigenvalue weighted by Crippen LogP contribution is -2.22. The third kappa shape index (κ3) is 4.42. The first-order chi connectivity index (χ1) is 11.4. The summed E-state index contributed by atoms with van der Waals surface area (Å²) in [6.45, 7) is -0.152. The molecule has 0 radical (unpaired) electrons. The normalized spacial score (nSPS) is 10.2. The minimum atomic E-state index is -1.05. The van der Waals surface area contributed by atoms with Gasteiger partial charge < -0.3 is 15.4 Å². The van der Waals surface area contributed by atoms with Crippen LogP contribution in [0.15, 0.2) is 36.4 Å². The van der Waals surface area contributed by atoms with Crippen LogP contribution in [0.2, 0.25) is 5.02 Å². The van der Waals surface area contributed by atoms with Crippen LogP contribution in [-0.2, 0) is 9.53 Å². The van der Waals surface area contributed by atoms with E-state index >= 15 is 0 Å². The zero-order chi connectivity index (χ0) is 17.7. The second-order valence-electron chi connectivity index (χ2n) is 4.72. The number of esters is 1. The van der Waals surface area contributed by atoms with E-state index in [2.05, 4.69) is 15.4 Å². The molecule has 0 saturated carbocycles. The summed E-state index contributed by atoms with van der Waals surface area (Å²) in [6, 6.07) is 7.56. The molecule has 0 atom stereocenters. The van der Waals surface area contributed by atoms with Gasteiger partial charge in [-0.3, -0.25) is 4.79 Å². The first kappa shape index (κ1) is 17.7. The molecular formula is C16H13ClF2N2O3. The van der Waals surface area contributed by atoms with Gasteiger partial charge in [-0.2, -0.15) is 0 Å². The molecule has 0 heterocycles. The molecule has 0 bridgehead atoms. The highest BCUT2D eigenvalue weighted by Gasteiger charge is 2.12. The molecule has 2 N–H and O–H groups in total. The maximum atomic E-state index is 13.1. The van der Waals surface area contributed by atoms with E-state index in [4.69, 9.17) is 11.6 Å². The molecule has 8 heteroatoms. The van der Waals surface area contributed by atoms with Crippen LogP contribution in [0.3, 0.4) is 0 Å². The highest BCUT2D eigenvalue weighted by Crippen LogP contribution is 2.21. The van der Waals surface area contributed by atoms with Gasteiger partial charge in [0.2, 0.25) is 5.91 Å². The fourth-order valence-electron chi connectivity index (χ4n) is 1.86. The molecule has 24 heavy (non-hydrogen) atoms. The van der Waals surface area contributed by atoms with Crippen molar-refractivity contribution in [2.75, 3.05) is 24.3 Å². The standard InChI is InChI=1S/C16H13ClF2N2O3/c1-24-16(23)11-6-9(2-4-12(11)17)20-8-15(22)21-10-3-5-13(18)14(19)7-10/h2-7,20H,8H2,1H3,(H,21,22). The van der Waals surface area contributed by atoms with Crippen LogP contribution in [0.25, 0.3) is 0 Å². The Bertz CT molecular complexity index is 784. The number of carbonyl (C=O) groups is 2. The minimum absolute atomic E-state index is 0.132. The number of hydrogen-bond acceptors (Lipinski definition) is 4. The fraction of sp³-hybridized carbons (Fsp3) is 0.125. The number of halogens is 3. The van der Waals surface area contributed by atoms with Gasteiger partial charge in [0.25, 0.3) is 0 Å². The molecule has 0 saturated heterocycles. The van der Waals surface area contributed by atoms with Crippen molar-refractivity contribution in [2.45, 2.75) is 0 Å². The Morgan fingerprint density at radius 2 is 1.79 bits per heavy atom. The van der Waals surface area contributed by atoms with Crippen LogP contribution in [0.5, 0.6) is 0 Å².